The minimum absolute atomic E-state index is 0.299. The fourth-order valence-electron chi connectivity index (χ4n) is 2.83. The zero-order chi connectivity index (χ0) is 10.9. The zero-order valence-corrected chi connectivity index (χ0v) is 9.61. The third-order valence-corrected chi connectivity index (χ3v) is 3.62. The van der Waals surface area contributed by atoms with E-state index in [0.717, 1.165) is 12.8 Å². The molecule has 1 nitrogen and oxygen atoms in total. The fourth-order valence-corrected chi connectivity index (χ4v) is 2.83. The van der Waals surface area contributed by atoms with Gasteiger partial charge in [0.25, 0.3) is 0 Å². The van der Waals surface area contributed by atoms with Crippen molar-refractivity contribution in [2.75, 3.05) is 0 Å². The molecule has 1 unspecified atom stereocenters. The first-order valence-electron chi connectivity index (χ1n) is 5.91. The first-order valence-corrected chi connectivity index (χ1v) is 5.91. The molecule has 0 bridgehead atoms. The molecule has 0 spiro atoms. The Morgan fingerprint density at radius 1 is 1.13 bits per heavy atom. The maximum atomic E-state index is 10.5. The maximum absolute atomic E-state index is 10.5. The molecule has 15 heavy (non-hydrogen) atoms. The summed E-state index contributed by atoms with van der Waals surface area (Å²) in [6, 6.07) is 10.4. The van der Waals surface area contributed by atoms with Gasteiger partial charge in [-0.25, -0.2) is 0 Å². The van der Waals surface area contributed by atoms with Gasteiger partial charge in [0.2, 0.25) is 0 Å². The molecule has 0 amide bonds. The lowest BCUT2D eigenvalue weighted by atomic mass is 9.65. The topological polar surface area (TPSA) is 20.2 Å². The maximum Gasteiger partial charge on any atom is 0.0718 e. The minimum atomic E-state index is -0.435. The van der Waals surface area contributed by atoms with Crippen LogP contribution in [0.5, 0.6) is 0 Å². The summed E-state index contributed by atoms with van der Waals surface area (Å²) in [4.78, 5) is 0. The van der Waals surface area contributed by atoms with E-state index in [1.807, 2.05) is 6.07 Å². The van der Waals surface area contributed by atoms with Crippen LogP contribution in [-0.2, 0) is 0 Å². The van der Waals surface area contributed by atoms with Gasteiger partial charge in [-0.15, -0.1) is 0 Å². The number of hydrogen-bond donors (Lipinski definition) is 1. The fraction of sp³-hybridized carbons (Fsp3) is 0.571. The molecular formula is C14H20O. The van der Waals surface area contributed by atoms with Gasteiger partial charge in [-0.1, -0.05) is 44.2 Å². The molecule has 1 fully saturated rings. The zero-order valence-electron chi connectivity index (χ0n) is 9.61. The van der Waals surface area contributed by atoms with Gasteiger partial charge in [0.1, 0.15) is 0 Å². The summed E-state index contributed by atoms with van der Waals surface area (Å²) in [7, 11) is 0. The van der Waals surface area contributed by atoms with Crippen LogP contribution < -0.4 is 0 Å². The molecule has 1 aliphatic rings. The van der Waals surface area contributed by atoms with E-state index < -0.39 is 5.60 Å². The first-order chi connectivity index (χ1) is 7.13. The van der Waals surface area contributed by atoms with Gasteiger partial charge >= 0.3 is 0 Å². The summed E-state index contributed by atoms with van der Waals surface area (Å²) in [5.41, 5.74) is 0.852. The van der Waals surface area contributed by atoms with E-state index >= 15 is 0 Å². The average molecular weight is 204 g/mol. The molecule has 1 saturated carbocycles. The van der Waals surface area contributed by atoms with E-state index in [1.54, 1.807) is 0 Å². The lowest BCUT2D eigenvalue weighted by Crippen LogP contribution is -2.45. The predicted octanol–water partition coefficient (Wildman–Crippen LogP) is 3.34. The van der Waals surface area contributed by atoms with Crippen molar-refractivity contribution in [1.82, 2.24) is 0 Å². The molecule has 1 N–H and O–H groups in total. The monoisotopic (exact) mass is 204 g/mol. The highest BCUT2D eigenvalue weighted by Crippen LogP contribution is 2.46. The lowest BCUT2D eigenvalue weighted by molar-refractivity contribution is -0.0688. The van der Waals surface area contributed by atoms with Gasteiger partial charge in [-0.3, -0.25) is 0 Å². The number of rotatable bonds is 3. The Morgan fingerprint density at radius 3 is 2.13 bits per heavy atom. The lowest BCUT2D eigenvalue weighted by Gasteiger charge is -2.45. The van der Waals surface area contributed by atoms with Crippen molar-refractivity contribution < 1.29 is 5.11 Å². The molecule has 0 heterocycles. The molecule has 0 saturated heterocycles. The van der Waals surface area contributed by atoms with Crippen molar-refractivity contribution in [2.24, 2.45) is 5.92 Å². The van der Waals surface area contributed by atoms with Crippen LogP contribution >= 0.6 is 0 Å². The van der Waals surface area contributed by atoms with Crippen LogP contribution in [-0.4, -0.2) is 10.7 Å². The van der Waals surface area contributed by atoms with Crippen LogP contribution in [0.1, 0.15) is 44.6 Å². The van der Waals surface area contributed by atoms with Gasteiger partial charge in [0.05, 0.1) is 5.60 Å². The van der Waals surface area contributed by atoms with Crippen molar-refractivity contribution in [3.05, 3.63) is 35.9 Å². The number of aliphatic hydroxyl groups is 1. The highest BCUT2D eigenvalue weighted by Gasteiger charge is 2.44. The molecule has 2 rings (SSSR count). The molecular weight excluding hydrogens is 184 g/mol. The van der Waals surface area contributed by atoms with Gasteiger partial charge in [0.15, 0.2) is 0 Å². The highest BCUT2D eigenvalue weighted by molar-refractivity contribution is 5.24. The van der Waals surface area contributed by atoms with E-state index in [1.165, 1.54) is 12.0 Å². The van der Waals surface area contributed by atoms with E-state index in [4.69, 9.17) is 0 Å². The van der Waals surface area contributed by atoms with Crippen LogP contribution in [0.15, 0.2) is 30.3 Å². The minimum Gasteiger partial charge on any atom is -0.389 e. The molecule has 82 valence electrons. The largest absolute Gasteiger partial charge is 0.389 e. The Bertz CT molecular complexity index is 311. The van der Waals surface area contributed by atoms with Crippen molar-refractivity contribution in [3.8, 4) is 0 Å². The normalized spacial score (nSPS) is 21.1. The summed E-state index contributed by atoms with van der Waals surface area (Å²) in [5.74, 6) is 0.796. The van der Waals surface area contributed by atoms with E-state index in [9.17, 15) is 5.11 Å². The summed E-state index contributed by atoms with van der Waals surface area (Å²) in [6.45, 7) is 4.40. The van der Waals surface area contributed by atoms with Crippen LogP contribution in [0.2, 0.25) is 0 Å². The van der Waals surface area contributed by atoms with Crippen LogP contribution in [0.3, 0.4) is 0 Å². The Hall–Kier alpha value is -0.820. The second kappa shape index (κ2) is 3.97. The summed E-state index contributed by atoms with van der Waals surface area (Å²) in [6.07, 6.45) is 3.10. The van der Waals surface area contributed by atoms with E-state index in [-0.39, 0.29) is 0 Å². The smallest absolute Gasteiger partial charge is 0.0718 e. The number of hydrogen-bond acceptors (Lipinski definition) is 1. The summed E-state index contributed by atoms with van der Waals surface area (Å²) in [5, 5.41) is 10.5. The molecule has 1 heteroatoms. The molecule has 1 aromatic rings. The Kier molecular flexibility index (Phi) is 2.83. The number of benzene rings is 1. The van der Waals surface area contributed by atoms with Crippen LogP contribution in [0.4, 0.5) is 0 Å². The predicted molar refractivity (Wildman–Crippen MR) is 62.8 cm³/mol. The standard InChI is InChI=1S/C14H20O/c1-11(2)13(14(15)9-6-10-14)12-7-4-3-5-8-12/h3-5,7-8,11,13,15H,6,9-10H2,1-2H3. The second-order valence-corrected chi connectivity index (χ2v) is 5.09. The Labute approximate surface area is 92.1 Å². The van der Waals surface area contributed by atoms with Crippen molar-refractivity contribution in [1.29, 1.82) is 0 Å². The van der Waals surface area contributed by atoms with Gasteiger partial charge < -0.3 is 5.11 Å². The first kappa shape index (κ1) is 10.7. The van der Waals surface area contributed by atoms with Gasteiger partial charge in [-0.05, 0) is 30.7 Å². The highest BCUT2D eigenvalue weighted by atomic mass is 16.3. The van der Waals surface area contributed by atoms with Gasteiger partial charge in [-0.2, -0.15) is 0 Å². The summed E-state index contributed by atoms with van der Waals surface area (Å²) >= 11 is 0. The third kappa shape index (κ3) is 1.93. The SMILES string of the molecule is CC(C)C(c1ccccc1)C1(O)CCC1. The molecule has 0 aromatic heterocycles. The van der Waals surface area contributed by atoms with E-state index in [2.05, 4.69) is 38.1 Å². The molecule has 1 aromatic carbocycles. The Balaban J connectivity index is 2.28. The third-order valence-electron chi connectivity index (χ3n) is 3.62. The van der Waals surface area contributed by atoms with Crippen molar-refractivity contribution >= 4 is 0 Å². The molecule has 1 atom stereocenters. The Morgan fingerprint density at radius 2 is 1.73 bits per heavy atom. The second-order valence-electron chi connectivity index (χ2n) is 5.09. The quantitative estimate of drug-likeness (QED) is 0.800. The average Bonchev–Trinajstić information content (AvgIpc) is 2.16. The van der Waals surface area contributed by atoms with E-state index in [0.29, 0.717) is 11.8 Å². The summed E-state index contributed by atoms with van der Waals surface area (Å²) < 4.78 is 0. The van der Waals surface area contributed by atoms with Gasteiger partial charge in [0, 0.05) is 5.92 Å². The van der Waals surface area contributed by atoms with Crippen LogP contribution in [0, 0.1) is 5.92 Å². The van der Waals surface area contributed by atoms with Crippen LogP contribution in [0.25, 0.3) is 0 Å². The molecule has 0 aliphatic heterocycles. The molecule has 1 aliphatic carbocycles. The molecule has 0 radical (unpaired) electrons. The van der Waals surface area contributed by atoms with Crippen molar-refractivity contribution in [2.45, 2.75) is 44.6 Å². The van der Waals surface area contributed by atoms with Crippen molar-refractivity contribution in [3.63, 3.8) is 0 Å².